The van der Waals surface area contributed by atoms with E-state index in [1.807, 2.05) is 6.92 Å². The molecule has 1 aliphatic rings. The molecule has 0 aromatic heterocycles. The number of rotatable bonds is 6. The first-order chi connectivity index (χ1) is 16.3. The number of carbonyl (C=O) groups excluding carboxylic acids is 3. The van der Waals surface area contributed by atoms with Crippen molar-refractivity contribution in [3.05, 3.63) is 101 Å². The summed E-state index contributed by atoms with van der Waals surface area (Å²) in [6, 6.07) is 19.1. The van der Waals surface area contributed by atoms with Crippen molar-refractivity contribution in [3.63, 3.8) is 0 Å². The van der Waals surface area contributed by atoms with Gasteiger partial charge in [-0.25, -0.2) is 14.5 Å². The maximum absolute atomic E-state index is 13.1. The van der Waals surface area contributed by atoms with E-state index in [1.54, 1.807) is 60.7 Å². The maximum Gasteiger partial charge on any atom is 0.335 e. The van der Waals surface area contributed by atoms with E-state index in [9.17, 15) is 19.2 Å². The second kappa shape index (κ2) is 9.41. The van der Waals surface area contributed by atoms with Crippen LogP contribution in [0.15, 0.2) is 78.4 Å². The summed E-state index contributed by atoms with van der Waals surface area (Å²) in [5.74, 6) is -2.21. The molecule has 34 heavy (non-hydrogen) atoms. The van der Waals surface area contributed by atoms with Gasteiger partial charge in [-0.3, -0.25) is 14.9 Å². The van der Waals surface area contributed by atoms with Gasteiger partial charge in [0.25, 0.3) is 11.8 Å². The monoisotopic (exact) mass is 456 g/mol. The number of carboxylic acids is 1. The summed E-state index contributed by atoms with van der Waals surface area (Å²) in [7, 11) is 0. The SMILES string of the molecule is Cc1ccc(N2C(=O)NC(=O)/C(=C\c3ccccc3OCc3cccc(C(=O)O)c3)C2=O)cc1. The molecule has 170 valence electrons. The molecule has 3 aromatic carbocycles. The summed E-state index contributed by atoms with van der Waals surface area (Å²) < 4.78 is 5.85. The summed E-state index contributed by atoms with van der Waals surface area (Å²) in [5, 5.41) is 11.4. The van der Waals surface area contributed by atoms with Crippen molar-refractivity contribution in [1.82, 2.24) is 5.32 Å². The Balaban J connectivity index is 1.62. The van der Waals surface area contributed by atoms with Crippen LogP contribution in [0.4, 0.5) is 10.5 Å². The molecule has 1 heterocycles. The Labute approximate surface area is 195 Å². The second-order valence-corrected chi connectivity index (χ2v) is 7.63. The van der Waals surface area contributed by atoms with E-state index in [2.05, 4.69) is 5.32 Å². The molecule has 8 heteroatoms. The van der Waals surface area contributed by atoms with Crippen molar-refractivity contribution >= 4 is 35.6 Å². The van der Waals surface area contributed by atoms with Crippen LogP contribution in [-0.4, -0.2) is 28.9 Å². The zero-order valence-corrected chi connectivity index (χ0v) is 18.1. The molecule has 0 spiro atoms. The van der Waals surface area contributed by atoms with Crippen LogP contribution in [0.1, 0.15) is 27.0 Å². The lowest BCUT2D eigenvalue weighted by atomic mass is 10.1. The summed E-state index contributed by atoms with van der Waals surface area (Å²) >= 11 is 0. The minimum Gasteiger partial charge on any atom is -0.488 e. The lowest BCUT2D eigenvalue weighted by molar-refractivity contribution is -0.122. The van der Waals surface area contributed by atoms with Crippen molar-refractivity contribution in [3.8, 4) is 5.75 Å². The average molecular weight is 456 g/mol. The van der Waals surface area contributed by atoms with Crippen LogP contribution in [0, 0.1) is 6.92 Å². The summed E-state index contributed by atoms with van der Waals surface area (Å²) in [6.07, 6.45) is 1.37. The minimum absolute atomic E-state index is 0.0788. The number of barbiturate groups is 1. The molecule has 3 aromatic rings. The molecule has 0 aliphatic carbocycles. The third kappa shape index (κ3) is 4.71. The second-order valence-electron chi connectivity index (χ2n) is 7.63. The number of benzene rings is 3. The van der Waals surface area contributed by atoms with E-state index < -0.39 is 23.8 Å². The highest BCUT2D eigenvalue weighted by atomic mass is 16.5. The normalized spacial score (nSPS) is 14.8. The Morgan fingerprint density at radius 3 is 2.47 bits per heavy atom. The van der Waals surface area contributed by atoms with Crippen molar-refractivity contribution in [2.24, 2.45) is 0 Å². The number of carboxylic acid groups (broad SMARTS) is 1. The first-order valence-corrected chi connectivity index (χ1v) is 10.4. The first kappa shape index (κ1) is 22.5. The quantitative estimate of drug-likeness (QED) is 0.429. The molecule has 1 saturated heterocycles. The lowest BCUT2D eigenvalue weighted by Gasteiger charge is -2.26. The van der Waals surface area contributed by atoms with Crippen molar-refractivity contribution in [1.29, 1.82) is 0 Å². The van der Waals surface area contributed by atoms with Crippen molar-refractivity contribution < 1.29 is 29.0 Å². The number of urea groups is 1. The third-order valence-electron chi connectivity index (χ3n) is 5.18. The highest BCUT2D eigenvalue weighted by molar-refractivity contribution is 6.39. The Bertz CT molecular complexity index is 1330. The highest BCUT2D eigenvalue weighted by Gasteiger charge is 2.36. The Morgan fingerprint density at radius 1 is 1.00 bits per heavy atom. The number of aromatic carboxylic acids is 1. The lowest BCUT2D eigenvalue weighted by Crippen LogP contribution is -2.54. The molecule has 0 unspecified atom stereocenters. The van der Waals surface area contributed by atoms with Gasteiger partial charge in [-0.2, -0.15) is 0 Å². The molecule has 8 nitrogen and oxygen atoms in total. The predicted molar refractivity (Wildman–Crippen MR) is 124 cm³/mol. The Morgan fingerprint density at radius 2 is 1.74 bits per heavy atom. The fraction of sp³-hybridized carbons (Fsp3) is 0.0769. The minimum atomic E-state index is -1.04. The zero-order chi connectivity index (χ0) is 24.2. The predicted octanol–water partition coefficient (Wildman–Crippen LogP) is 3.94. The highest BCUT2D eigenvalue weighted by Crippen LogP contribution is 2.26. The smallest absolute Gasteiger partial charge is 0.335 e. The van der Waals surface area contributed by atoms with Gasteiger partial charge in [-0.05, 0) is 48.9 Å². The number of ether oxygens (including phenoxy) is 1. The number of nitrogens with zero attached hydrogens (tertiary/aromatic N) is 1. The molecular formula is C26H20N2O6. The van der Waals surface area contributed by atoms with Crippen LogP contribution >= 0.6 is 0 Å². The van der Waals surface area contributed by atoms with Crippen LogP contribution in [0.25, 0.3) is 6.08 Å². The van der Waals surface area contributed by atoms with Gasteiger partial charge < -0.3 is 9.84 Å². The van der Waals surface area contributed by atoms with Gasteiger partial charge >= 0.3 is 12.0 Å². The number of hydrogen-bond donors (Lipinski definition) is 2. The van der Waals surface area contributed by atoms with Gasteiger partial charge in [0.1, 0.15) is 17.9 Å². The Kier molecular flexibility index (Phi) is 6.22. The molecule has 4 amide bonds. The van der Waals surface area contributed by atoms with Gasteiger partial charge in [0, 0.05) is 5.56 Å². The Hall–Kier alpha value is -4.72. The fourth-order valence-corrected chi connectivity index (χ4v) is 3.43. The third-order valence-corrected chi connectivity index (χ3v) is 5.18. The number of amides is 4. The number of hydrogen-bond acceptors (Lipinski definition) is 5. The maximum atomic E-state index is 13.1. The molecule has 0 bridgehead atoms. The zero-order valence-electron chi connectivity index (χ0n) is 18.1. The summed E-state index contributed by atoms with van der Waals surface area (Å²) in [6.45, 7) is 1.96. The van der Waals surface area contributed by atoms with Crippen LogP contribution in [0.5, 0.6) is 5.75 Å². The van der Waals surface area contributed by atoms with Crippen LogP contribution < -0.4 is 15.0 Å². The number of anilines is 1. The molecule has 1 fully saturated rings. The van der Waals surface area contributed by atoms with Crippen molar-refractivity contribution in [2.75, 3.05) is 4.90 Å². The van der Waals surface area contributed by atoms with Gasteiger partial charge in [-0.15, -0.1) is 0 Å². The molecule has 0 radical (unpaired) electrons. The van der Waals surface area contributed by atoms with E-state index >= 15 is 0 Å². The first-order valence-electron chi connectivity index (χ1n) is 10.4. The largest absolute Gasteiger partial charge is 0.488 e. The number of imide groups is 2. The van der Waals surface area contributed by atoms with Crippen LogP contribution in [0.3, 0.4) is 0 Å². The van der Waals surface area contributed by atoms with Crippen molar-refractivity contribution in [2.45, 2.75) is 13.5 Å². The van der Waals surface area contributed by atoms with Gasteiger partial charge in [0.15, 0.2) is 0 Å². The number of nitrogens with one attached hydrogen (secondary N) is 1. The number of aryl methyl sites for hydroxylation is 1. The fourth-order valence-electron chi connectivity index (χ4n) is 3.43. The van der Waals surface area contributed by atoms with E-state index in [-0.39, 0.29) is 17.7 Å². The van der Waals surface area contributed by atoms with Crippen LogP contribution in [-0.2, 0) is 16.2 Å². The number of para-hydroxylation sites is 1. The van der Waals surface area contributed by atoms with Gasteiger partial charge in [-0.1, -0.05) is 48.0 Å². The van der Waals surface area contributed by atoms with Gasteiger partial charge in [0.05, 0.1) is 11.3 Å². The molecule has 4 rings (SSSR count). The van der Waals surface area contributed by atoms with Crippen LogP contribution in [0.2, 0.25) is 0 Å². The average Bonchev–Trinajstić information content (AvgIpc) is 2.82. The van der Waals surface area contributed by atoms with E-state index in [0.29, 0.717) is 22.6 Å². The standard InChI is InChI=1S/C26H20N2O6/c1-16-9-11-20(12-10-16)28-24(30)21(23(29)27-26(28)33)14-18-6-2-3-8-22(18)34-15-17-5-4-7-19(13-17)25(31)32/h2-14H,15H2,1H3,(H,31,32)(H,27,29,33)/b21-14+. The summed E-state index contributed by atoms with van der Waals surface area (Å²) in [5.41, 5.74) is 2.32. The van der Waals surface area contributed by atoms with E-state index in [4.69, 9.17) is 9.84 Å². The van der Waals surface area contributed by atoms with Gasteiger partial charge in [0.2, 0.25) is 0 Å². The molecule has 2 N–H and O–H groups in total. The molecule has 1 aliphatic heterocycles. The topological polar surface area (TPSA) is 113 Å². The van der Waals surface area contributed by atoms with E-state index in [0.717, 1.165) is 10.5 Å². The molecule has 0 saturated carbocycles. The number of carbonyl (C=O) groups is 4. The molecule has 0 atom stereocenters. The van der Waals surface area contributed by atoms with E-state index in [1.165, 1.54) is 18.2 Å². The molecular weight excluding hydrogens is 436 g/mol. The summed E-state index contributed by atoms with van der Waals surface area (Å²) in [4.78, 5) is 50.1.